The van der Waals surface area contributed by atoms with Gasteiger partial charge in [-0.25, -0.2) is 0 Å². The lowest BCUT2D eigenvalue weighted by atomic mass is 9.55. The molecule has 0 radical (unpaired) electrons. The van der Waals surface area contributed by atoms with E-state index in [1.54, 1.807) is 0 Å². The topological polar surface area (TPSA) is 21.3 Å². The number of hydrogen-bond acceptors (Lipinski definition) is 2. The van der Waals surface area contributed by atoms with Gasteiger partial charge in [-0.15, -0.1) is 0 Å². The van der Waals surface area contributed by atoms with Gasteiger partial charge in [0.15, 0.2) is 0 Å². The monoisotopic (exact) mass is 253 g/mol. The fraction of sp³-hybridized carbons (Fsp3) is 1.00. The molecule has 2 rings (SSSR count). The third kappa shape index (κ3) is 2.91. The molecule has 0 aliphatic heterocycles. The quantitative estimate of drug-likeness (QED) is 0.778. The zero-order chi connectivity index (χ0) is 13.0. The van der Waals surface area contributed by atoms with Gasteiger partial charge in [0.05, 0.1) is 6.10 Å². The Morgan fingerprint density at radius 1 is 1.22 bits per heavy atom. The lowest BCUT2D eigenvalue weighted by Crippen LogP contribution is -2.64. The van der Waals surface area contributed by atoms with E-state index in [1.807, 2.05) is 0 Å². The molecule has 2 heteroatoms. The first kappa shape index (κ1) is 14.3. The number of rotatable bonds is 6. The van der Waals surface area contributed by atoms with Crippen molar-refractivity contribution in [2.24, 2.45) is 11.3 Å². The summed E-state index contributed by atoms with van der Waals surface area (Å²) in [5.74, 6) is 0.808. The predicted octanol–water partition coefficient (Wildman–Crippen LogP) is 3.75. The van der Waals surface area contributed by atoms with Gasteiger partial charge in [0.1, 0.15) is 0 Å². The second-order valence-electron chi connectivity index (χ2n) is 6.66. The largest absolute Gasteiger partial charge is 0.378 e. The molecular formula is C16H31NO. The summed E-state index contributed by atoms with van der Waals surface area (Å²) in [5.41, 5.74) is 0.491. The third-order valence-electron chi connectivity index (χ3n) is 5.05. The summed E-state index contributed by atoms with van der Waals surface area (Å²) >= 11 is 0. The highest BCUT2D eigenvalue weighted by Crippen LogP contribution is 2.53. The molecule has 1 N–H and O–H groups in total. The maximum Gasteiger partial charge on any atom is 0.0661 e. The predicted molar refractivity (Wildman–Crippen MR) is 76.8 cm³/mol. The van der Waals surface area contributed by atoms with Gasteiger partial charge in [-0.2, -0.15) is 0 Å². The second kappa shape index (κ2) is 6.38. The fourth-order valence-electron chi connectivity index (χ4n) is 3.90. The molecule has 2 unspecified atom stereocenters. The molecule has 0 bridgehead atoms. The molecule has 2 aliphatic rings. The summed E-state index contributed by atoms with van der Waals surface area (Å²) in [6.07, 6.45) is 10.1. The summed E-state index contributed by atoms with van der Waals surface area (Å²) in [6.45, 7) is 8.81. The van der Waals surface area contributed by atoms with Crippen LogP contribution in [0.1, 0.15) is 65.7 Å². The minimum atomic E-state index is 0.491. The van der Waals surface area contributed by atoms with Crippen LogP contribution >= 0.6 is 0 Å². The summed E-state index contributed by atoms with van der Waals surface area (Å²) in [6, 6.07) is 0.730. The minimum Gasteiger partial charge on any atom is -0.378 e. The Morgan fingerprint density at radius 2 is 1.94 bits per heavy atom. The minimum absolute atomic E-state index is 0.491. The molecule has 0 aromatic rings. The van der Waals surface area contributed by atoms with Crippen LogP contribution in [0.15, 0.2) is 0 Å². The maximum atomic E-state index is 5.99. The van der Waals surface area contributed by atoms with Crippen molar-refractivity contribution < 1.29 is 4.74 Å². The smallest absolute Gasteiger partial charge is 0.0661 e. The molecule has 0 aromatic heterocycles. The van der Waals surface area contributed by atoms with Gasteiger partial charge >= 0.3 is 0 Å². The molecule has 18 heavy (non-hydrogen) atoms. The van der Waals surface area contributed by atoms with Gasteiger partial charge in [-0.05, 0) is 45.1 Å². The first-order valence-electron chi connectivity index (χ1n) is 8.04. The molecule has 2 aliphatic carbocycles. The van der Waals surface area contributed by atoms with Crippen LogP contribution in [0.5, 0.6) is 0 Å². The molecule has 0 heterocycles. The molecular weight excluding hydrogens is 222 g/mol. The highest BCUT2D eigenvalue weighted by molar-refractivity contribution is 5.08. The highest BCUT2D eigenvalue weighted by atomic mass is 16.5. The van der Waals surface area contributed by atoms with Gasteiger partial charge < -0.3 is 10.1 Å². The van der Waals surface area contributed by atoms with Crippen LogP contribution in [0.3, 0.4) is 0 Å². The molecule has 2 atom stereocenters. The van der Waals surface area contributed by atoms with E-state index in [0.717, 1.165) is 18.6 Å². The lowest BCUT2D eigenvalue weighted by molar-refractivity contribution is -0.149. The number of nitrogens with one attached hydrogen (secondary N) is 1. The first-order valence-corrected chi connectivity index (χ1v) is 8.04. The van der Waals surface area contributed by atoms with Crippen molar-refractivity contribution in [1.29, 1.82) is 0 Å². The Kier molecular flexibility index (Phi) is 5.08. The summed E-state index contributed by atoms with van der Waals surface area (Å²) in [4.78, 5) is 0. The van der Waals surface area contributed by atoms with E-state index < -0.39 is 0 Å². The van der Waals surface area contributed by atoms with Crippen LogP contribution in [0.25, 0.3) is 0 Å². The van der Waals surface area contributed by atoms with Gasteiger partial charge in [0.25, 0.3) is 0 Å². The van der Waals surface area contributed by atoms with Crippen LogP contribution in [0, 0.1) is 11.3 Å². The Morgan fingerprint density at radius 3 is 2.56 bits per heavy atom. The van der Waals surface area contributed by atoms with Crippen molar-refractivity contribution in [1.82, 2.24) is 5.32 Å². The van der Waals surface area contributed by atoms with Crippen LogP contribution in [-0.4, -0.2) is 25.3 Å². The van der Waals surface area contributed by atoms with E-state index in [0.29, 0.717) is 11.5 Å². The van der Waals surface area contributed by atoms with Gasteiger partial charge in [-0.1, -0.05) is 33.1 Å². The normalized spacial score (nSPS) is 30.7. The second-order valence-corrected chi connectivity index (χ2v) is 6.66. The van der Waals surface area contributed by atoms with Gasteiger partial charge in [0.2, 0.25) is 0 Å². The number of hydrogen-bond donors (Lipinski definition) is 1. The maximum absolute atomic E-state index is 5.99. The Hall–Kier alpha value is -0.0800. The third-order valence-corrected chi connectivity index (χ3v) is 5.05. The van der Waals surface area contributed by atoms with Crippen LogP contribution in [0.2, 0.25) is 0 Å². The zero-order valence-corrected chi connectivity index (χ0v) is 12.5. The van der Waals surface area contributed by atoms with Gasteiger partial charge in [-0.3, -0.25) is 0 Å². The summed E-state index contributed by atoms with van der Waals surface area (Å²) in [5, 5.41) is 3.82. The fourth-order valence-corrected chi connectivity index (χ4v) is 3.90. The van der Waals surface area contributed by atoms with Crippen molar-refractivity contribution >= 4 is 0 Å². The summed E-state index contributed by atoms with van der Waals surface area (Å²) in [7, 11) is 0. The SMILES string of the molecule is CCOC1CC(NCCC(C)C)C12CCCCC2. The Labute approximate surface area is 113 Å². The first-order chi connectivity index (χ1) is 8.69. The Bertz CT molecular complexity index is 245. The van der Waals surface area contributed by atoms with Crippen LogP contribution < -0.4 is 5.32 Å². The van der Waals surface area contributed by atoms with E-state index in [4.69, 9.17) is 4.74 Å². The molecule has 0 saturated heterocycles. The average molecular weight is 253 g/mol. The van der Waals surface area contributed by atoms with E-state index >= 15 is 0 Å². The van der Waals surface area contributed by atoms with Crippen molar-refractivity contribution in [3.63, 3.8) is 0 Å². The van der Waals surface area contributed by atoms with E-state index in [1.165, 1.54) is 51.5 Å². The van der Waals surface area contributed by atoms with Crippen molar-refractivity contribution in [2.75, 3.05) is 13.2 Å². The molecule has 106 valence electrons. The highest BCUT2D eigenvalue weighted by Gasteiger charge is 2.55. The Balaban J connectivity index is 1.86. The molecule has 0 aromatic carbocycles. The molecule has 0 amide bonds. The summed E-state index contributed by atoms with van der Waals surface area (Å²) < 4.78 is 5.99. The average Bonchev–Trinajstić information content (AvgIpc) is 2.37. The van der Waals surface area contributed by atoms with E-state index in [-0.39, 0.29) is 0 Å². The van der Waals surface area contributed by atoms with Gasteiger partial charge in [0, 0.05) is 18.1 Å². The number of ether oxygens (including phenoxy) is 1. The lowest BCUT2D eigenvalue weighted by Gasteiger charge is -2.58. The molecule has 2 nitrogen and oxygen atoms in total. The van der Waals surface area contributed by atoms with Crippen LogP contribution in [0.4, 0.5) is 0 Å². The van der Waals surface area contributed by atoms with E-state index in [2.05, 4.69) is 26.1 Å². The molecule has 2 saturated carbocycles. The zero-order valence-electron chi connectivity index (χ0n) is 12.5. The van der Waals surface area contributed by atoms with E-state index in [9.17, 15) is 0 Å². The van der Waals surface area contributed by atoms with Crippen LogP contribution in [-0.2, 0) is 4.74 Å². The van der Waals surface area contributed by atoms with Crippen molar-refractivity contribution in [3.05, 3.63) is 0 Å². The molecule has 2 fully saturated rings. The van der Waals surface area contributed by atoms with Crippen molar-refractivity contribution in [2.45, 2.75) is 77.9 Å². The van der Waals surface area contributed by atoms with Crippen molar-refractivity contribution in [3.8, 4) is 0 Å². The molecule has 1 spiro atoms. The standard InChI is InChI=1S/C16H31NO/c1-4-18-15-12-14(17-11-8-13(2)3)16(15)9-6-5-7-10-16/h13-15,17H,4-12H2,1-3H3.